The van der Waals surface area contributed by atoms with E-state index in [1.165, 1.54) is 13.8 Å². The monoisotopic (exact) mass is 234 g/mol. The van der Waals surface area contributed by atoms with E-state index in [0.29, 0.717) is 0 Å². The smallest absolute Gasteiger partial charge is 0.321 e. The second-order valence-electron chi connectivity index (χ2n) is 1.87. The van der Waals surface area contributed by atoms with Crippen LogP contribution in [0.15, 0.2) is 0 Å². The molecule has 0 radical (unpaired) electrons. The minimum absolute atomic E-state index is 0.503. The third-order valence-corrected chi connectivity index (χ3v) is 1.48. The Morgan fingerprint density at radius 2 is 1.33 bits per heavy atom. The van der Waals surface area contributed by atoms with Crippen molar-refractivity contribution in [2.75, 3.05) is 0 Å². The van der Waals surface area contributed by atoms with Crippen LogP contribution in [0.3, 0.4) is 0 Å². The molecular weight excluding hydrogens is 226 g/mol. The molecule has 0 unspecified atom stereocenters. The lowest BCUT2D eigenvalue weighted by Gasteiger charge is -1.86. The Kier molecular flexibility index (Phi) is 9.26. The van der Waals surface area contributed by atoms with E-state index in [0.717, 1.165) is 0 Å². The van der Waals surface area contributed by atoms with Crippen LogP contribution in [0.1, 0.15) is 13.8 Å². The van der Waals surface area contributed by atoms with E-state index in [9.17, 15) is 9.59 Å². The molecule has 0 aromatic rings. The normalized spacial score (nSPS) is 13.8. The van der Waals surface area contributed by atoms with Gasteiger partial charge < -0.3 is 5.11 Å². The third-order valence-electron chi connectivity index (χ3n) is 0.653. The van der Waals surface area contributed by atoms with Gasteiger partial charge in [0.15, 0.2) is 0 Å². The second kappa shape index (κ2) is 7.65. The summed E-state index contributed by atoms with van der Waals surface area (Å²) in [7, 11) is 0. The predicted molar refractivity (Wildman–Crippen MR) is 49.1 cm³/mol. The zero-order valence-corrected chi connectivity index (χ0v) is 8.82. The number of halogens is 3. The van der Waals surface area contributed by atoms with Crippen molar-refractivity contribution in [2.24, 2.45) is 0 Å². The van der Waals surface area contributed by atoms with E-state index in [-0.39, 0.29) is 0 Å². The Bertz CT molecular complexity index is 138. The van der Waals surface area contributed by atoms with Crippen LogP contribution in [-0.4, -0.2) is 27.1 Å². The molecule has 0 aliphatic rings. The Morgan fingerprint density at radius 1 is 1.17 bits per heavy atom. The lowest BCUT2D eigenvalue weighted by molar-refractivity contribution is -0.136. The summed E-state index contributed by atoms with van der Waals surface area (Å²) in [6.07, 6.45) is 0. The number of carbonyl (C=O) groups is 2. The maximum absolute atomic E-state index is 9.78. The van der Waals surface area contributed by atoms with Crippen molar-refractivity contribution in [3.05, 3.63) is 0 Å². The lowest BCUT2D eigenvalue weighted by Crippen LogP contribution is -2.06. The van der Waals surface area contributed by atoms with E-state index < -0.39 is 22.0 Å². The van der Waals surface area contributed by atoms with E-state index >= 15 is 0 Å². The maximum Gasteiger partial charge on any atom is 0.321 e. The molecule has 72 valence electrons. The molecule has 3 nitrogen and oxygen atoms in total. The molecule has 0 aromatic carbocycles. The highest BCUT2D eigenvalue weighted by Gasteiger charge is 2.02. The highest BCUT2D eigenvalue weighted by Crippen LogP contribution is 1.96. The van der Waals surface area contributed by atoms with Crippen LogP contribution in [-0.2, 0) is 9.59 Å². The minimum Gasteiger partial charge on any atom is -0.480 e. The molecule has 0 heterocycles. The second-order valence-corrected chi connectivity index (χ2v) is 3.56. The summed E-state index contributed by atoms with van der Waals surface area (Å²) in [5, 5.41) is 6.05. The number of hydrogen-bond donors (Lipinski definition) is 1. The minimum atomic E-state index is -0.975. The van der Waals surface area contributed by atoms with Gasteiger partial charge >= 0.3 is 5.97 Å². The van der Waals surface area contributed by atoms with Crippen molar-refractivity contribution in [3.8, 4) is 0 Å². The fourth-order valence-corrected chi connectivity index (χ4v) is 0. The van der Waals surface area contributed by atoms with Crippen LogP contribution in [0.5, 0.6) is 0 Å². The van der Waals surface area contributed by atoms with Crippen LogP contribution in [0.2, 0.25) is 0 Å². The largest absolute Gasteiger partial charge is 0.480 e. The predicted octanol–water partition coefficient (Wildman–Crippen LogP) is 2.08. The van der Waals surface area contributed by atoms with Crippen LogP contribution in [0.4, 0.5) is 0 Å². The molecule has 0 fully saturated rings. The fraction of sp³-hybridized carbons (Fsp3) is 0.667. The summed E-state index contributed by atoms with van der Waals surface area (Å²) < 4.78 is 0. The van der Waals surface area contributed by atoms with Crippen molar-refractivity contribution >= 4 is 46.0 Å². The zero-order valence-electron chi connectivity index (χ0n) is 6.55. The van der Waals surface area contributed by atoms with Crippen molar-refractivity contribution < 1.29 is 14.7 Å². The van der Waals surface area contributed by atoms with Crippen LogP contribution >= 0.6 is 34.8 Å². The number of alkyl halides is 2. The van der Waals surface area contributed by atoms with Gasteiger partial charge in [-0.15, -0.1) is 23.2 Å². The summed E-state index contributed by atoms with van der Waals surface area (Å²) in [5.41, 5.74) is 0. The zero-order chi connectivity index (χ0) is 10.3. The van der Waals surface area contributed by atoms with Gasteiger partial charge in [0.05, 0.1) is 0 Å². The van der Waals surface area contributed by atoms with Crippen molar-refractivity contribution in [1.82, 2.24) is 0 Å². The number of carbonyl (C=O) groups excluding carboxylic acids is 1. The maximum atomic E-state index is 9.78. The Labute approximate surface area is 85.6 Å². The average molecular weight is 235 g/mol. The SMILES string of the molecule is C[C@@H](Cl)C(=O)Cl.C[C@@H](Cl)C(=O)O. The lowest BCUT2D eigenvalue weighted by atomic mass is 10.5. The van der Waals surface area contributed by atoms with E-state index in [2.05, 4.69) is 0 Å². The summed E-state index contributed by atoms with van der Waals surface area (Å²) in [6.45, 7) is 2.93. The number of hydrogen-bond acceptors (Lipinski definition) is 2. The first-order chi connectivity index (χ1) is 5.29. The Hall–Kier alpha value is 0.01000. The van der Waals surface area contributed by atoms with Crippen LogP contribution < -0.4 is 0 Å². The third kappa shape index (κ3) is 12.7. The van der Waals surface area contributed by atoms with Crippen molar-refractivity contribution in [2.45, 2.75) is 24.6 Å². The molecule has 0 aliphatic heterocycles. The van der Waals surface area contributed by atoms with E-state index in [4.69, 9.17) is 39.9 Å². The average Bonchev–Trinajstić information content (AvgIpc) is 1.88. The van der Waals surface area contributed by atoms with Crippen LogP contribution in [0.25, 0.3) is 0 Å². The highest BCUT2D eigenvalue weighted by molar-refractivity contribution is 6.69. The summed E-state index contributed by atoms with van der Waals surface area (Å²) in [4.78, 5) is 19.3. The molecule has 0 aliphatic carbocycles. The first-order valence-electron chi connectivity index (χ1n) is 2.99. The Balaban J connectivity index is 0. The number of carboxylic acid groups (broad SMARTS) is 1. The van der Waals surface area contributed by atoms with Gasteiger partial charge in [-0.2, -0.15) is 0 Å². The molecule has 1 N–H and O–H groups in total. The number of carboxylic acids is 1. The van der Waals surface area contributed by atoms with Gasteiger partial charge in [0.2, 0.25) is 5.24 Å². The molecule has 0 saturated heterocycles. The molecule has 0 amide bonds. The van der Waals surface area contributed by atoms with Gasteiger partial charge in [0.25, 0.3) is 0 Å². The standard InChI is InChI=1S/C3H4Cl2O.C3H5ClO2/c2*1-2(4)3(5)6/h2H,1H3;2H,1H3,(H,5,6)/t2*2-/m11/s1. The van der Waals surface area contributed by atoms with Crippen molar-refractivity contribution in [1.29, 1.82) is 0 Å². The van der Waals surface area contributed by atoms with Crippen LogP contribution in [0, 0.1) is 0 Å². The summed E-state index contributed by atoms with van der Waals surface area (Å²) in [5.74, 6) is -0.975. The molecule has 0 saturated carbocycles. The Morgan fingerprint density at radius 3 is 1.33 bits per heavy atom. The first-order valence-corrected chi connectivity index (χ1v) is 4.24. The topological polar surface area (TPSA) is 54.4 Å². The molecule has 0 spiro atoms. The van der Waals surface area contributed by atoms with Gasteiger partial charge in [-0.1, -0.05) is 0 Å². The highest BCUT2D eigenvalue weighted by atomic mass is 35.5. The summed E-state index contributed by atoms with van der Waals surface area (Å²) >= 11 is 15.0. The molecule has 6 heteroatoms. The van der Waals surface area contributed by atoms with Gasteiger partial charge in [-0.05, 0) is 25.4 Å². The number of rotatable bonds is 2. The fourth-order valence-electron chi connectivity index (χ4n) is 0. The molecule has 12 heavy (non-hydrogen) atoms. The van der Waals surface area contributed by atoms with Gasteiger partial charge in [-0.25, -0.2) is 0 Å². The van der Waals surface area contributed by atoms with Gasteiger partial charge in [0.1, 0.15) is 10.8 Å². The molecule has 2 atom stereocenters. The molecule has 0 bridgehead atoms. The van der Waals surface area contributed by atoms with Gasteiger partial charge in [0, 0.05) is 0 Å². The summed E-state index contributed by atoms with van der Waals surface area (Å²) in [6, 6.07) is 0. The van der Waals surface area contributed by atoms with Gasteiger partial charge in [-0.3, -0.25) is 9.59 Å². The molecule has 0 rings (SSSR count). The molecular formula is C6H9Cl3O3. The van der Waals surface area contributed by atoms with E-state index in [1.54, 1.807) is 0 Å². The quantitative estimate of drug-likeness (QED) is 0.589. The van der Waals surface area contributed by atoms with Crippen molar-refractivity contribution in [3.63, 3.8) is 0 Å². The number of aliphatic carboxylic acids is 1. The molecule has 0 aromatic heterocycles. The first kappa shape index (κ1) is 14.5. The van der Waals surface area contributed by atoms with E-state index in [1.807, 2.05) is 0 Å².